The van der Waals surface area contributed by atoms with Crippen molar-refractivity contribution in [3.63, 3.8) is 0 Å². The summed E-state index contributed by atoms with van der Waals surface area (Å²) in [4.78, 5) is 13.6. The molecule has 1 saturated heterocycles. The van der Waals surface area contributed by atoms with Gasteiger partial charge in [0.1, 0.15) is 17.9 Å². The van der Waals surface area contributed by atoms with Crippen molar-refractivity contribution in [3.05, 3.63) is 42.2 Å². The lowest BCUT2D eigenvalue weighted by Crippen LogP contribution is -2.46. The van der Waals surface area contributed by atoms with E-state index in [4.69, 9.17) is 14.0 Å². The number of aromatic nitrogens is 3. The molecule has 0 bridgehead atoms. The maximum atomic E-state index is 5.45. The molecule has 0 spiro atoms. The van der Waals surface area contributed by atoms with E-state index in [1.54, 1.807) is 14.2 Å². The van der Waals surface area contributed by atoms with Crippen LogP contribution in [-0.2, 0) is 17.9 Å². The first-order chi connectivity index (χ1) is 13.3. The molecule has 142 valence electrons. The van der Waals surface area contributed by atoms with Gasteiger partial charge in [-0.05, 0) is 12.1 Å². The maximum absolute atomic E-state index is 5.45. The van der Waals surface area contributed by atoms with Gasteiger partial charge in [-0.15, -0.1) is 0 Å². The number of methoxy groups -OCH3 is 2. The van der Waals surface area contributed by atoms with Gasteiger partial charge in [-0.2, -0.15) is 4.98 Å². The number of piperazine rings is 1. The Bertz CT molecular complexity index is 905. The third-order valence-corrected chi connectivity index (χ3v) is 4.79. The molecule has 2 aromatic heterocycles. The Kier molecular flexibility index (Phi) is 5.17. The summed E-state index contributed by atoms with van der Waals surface area (Å²) in [7, 11) is 3.30. The standard InChI is InChI=1S/C19H23N5O3/c1-25-13-17-21-18(27-22-17)12-23-8-10-24(11-9-23)15-6-7-20-19-14(15)4-3-5-16(19)26-2/h3-7H,8-13H2,1-2H3. The van der Waals surface area contributed by atoms with Gasteiger partial charge >= 0.3 is 0 Å². The summed E-state index contributed by atoms with van der Waals surface area (Å²) in [6, 6.07) is 8.13. The highest BCUT2D eigenvalue weighted by atomic mass is 16.5. The Labute approximate surface area is 157 Å². The molecule has 27 heavy (non-hydrogen) atoms. The largest absolute Gasteiger partial charge is 0.494 e. The number of pyridine rings is 1. The van der Waals surface area contributed by atoms with Crippen LogP contribution in [0.25, 0.3) is 10.9 Å². The summed E-state index contributed by atoms with van der Waals surface area (Å²) < 4.78 is 15.8. The number of anilines is 1. The van der Waals surface area contributed by atoms with E-state index in [2.05, 4.69) is 37.1 Å². The third kappa shape index (κ3) is 3.72. The first-order valence-electron chi connectivity index (χ1n) is 8.98. The van der Waals surface area contributed by atoms with Crippen molar-refractivity contribution in [1.82, 2.24) is 20.0 Å². The molecule has 0 aliphatic carbocycles. The van der Waals surface area contributed by atoms with E-state index in [1.807, 2.05) is 18.3 Å². The highest BCUT2D eigenvalue weighted by molar-refractivity contribution is 5.95. The molecule has 8 heteroatoms. The molecule has 0 atom stereocenters. The van der Waals surface area contributed by atoms with E-state index < -0.39 is 0 Å². The lowest BCUT2D eigenvalue weighted by Gasteiger charge is -2.35. The van der Waals surface area contributed by atoms with Gasteiger partial charge < -0.3 is 18.9 Å². The minimum atomic E-state index is 0.371. The molecule has 1 aliphatic rings. The molecule has 0 amide bonds. The topological polar surface area (TPSA) is 76.8 Å². The van der Waals surface area contributed by atoms with Crippen LogP contribution in [0.1, 0.15) is 11.7 Å². The average Bonchev–Trinajstić information content (AvgIpc) is 3.15. The number of para-hydroxylation sites is 1. The molecular formula is C19H23N5O3. The van der Waals surface area contributed by atoms with E-state index in [0.717, 1.165) is 42.8 Å². The summed E-state index contributed by atoms with van der Waals surface area (Å²) in [6.07, 6.45) is 1.85. The van der Waals surface area contributed by atoms with Crippen LogP contribution in [0.15, 0.2) is 35.0 Å². The number of benzene rings is 1. The van der Waals surface area contributed by atoms with Crippen LogP contribution in [0.3, 0.4) is 0 Å². The Morgan fingerprint density at radius 3 is 2.74 bits per heavy atom. The molecule has 3 heterocycles. The van der Waals surface area contributed by atoms with Crippen molar-refractivity contribution in [2.75, 3.05) is 45.3 Å². The Hall–Kier alpha value is -2.71. The second kappa shape index (κ2) is 7.89. The fourth-order valence-corrected chi connectivity index (χ4v) is 3.46. The van der Waals surface area contributed by atoms with E-state index in [9.17, 15) is 0 Å². The first-order valence-corrected chi connectivity index (χ1v) is 8.98. The van der Waals surface area contributed by atoms with Gasteiger partial charge in [0.15, 0.2) is 5.82 Å². The molecule has 0 unspecified atom stereocenters. The molecule has 0 saturated carbocycles. The van der Waals surface area contributed by atoms with Crippen molar-refractivity contribution in [1.29, 1.82) is 0 Å². The quantitative estimate of drug-likeness (QED) is 0.654. The van der Waals surface area contributed by atoms with E-state index in [1.165, 1.54) is 5.69 Å². The predicted molar refractivity (Wildman–Crippen MR) is 101 cm³/mol. The number of fused-ring (bicyclic) bond motifs is 1. The number of rotatable bonds is 6. The number of hydrogen-bond donors (Lipinski definition) is 0. The van der Waals surface area contributed by atoms with Crippen LogP contribution < -0.4 is 9.64 Å². The molecule has 1 aliphatic heterocycles. The van der Waals surface area contributed by atoms with Gasteiger partial charge in [0.2, 0.25) is 5.89 Å². The zero-order valence-electron chi connectivity index (χ0n) is 15.6. The van der Waals surface area contributed by atoms with E-state index in [-0.39, 0.29) is 0 Å². The molecule has 8 nitrogen and oxygen atoms in total. The summed E-state index contributed by atoms with van der Waals surface area (Å²) in [5.41, 5.74) is 2.09. The predicted octanol–water partition coefficient (Wildman–Crippen LogP) is 2.10. The first kappa shape index (κ1) is 17.7. The molecule has 0 radical (unpaired) electrons. The van der Waals surface area contributed by atoms with Gasteiger partial charge in [0.25, 0.3) is 0 Å². The lowest BCUT2D eigenvalue weighted by molar-refractivity contribution is 0.174. The Morgan fingerprint density at radius 2 is 1.96 bits per heavy atom. The van der Waals surface area contributed by atoms with Gasteiger partial charge in [-0.3, -0.25) is 9.88 Å². The summed E-state index contributed by atoms with van der Waals surface area (Å²) in [5.74, 6) is 2.02. The molecule has 3 aromatic rings. The van der Waals surface area contributed by atoms with Crippen LogP contribution in [0.4, 0.5) is 5.69 Å². The van der Waals surface area contributed by atoms with Crippen molar-refractivity contribution >= 4 is 16.6 Å². The molecule has 1 aromatic carbocycles. The van der Waals surface area contributed by atoms with Gasteiger partial charge in [0, 0.05) is 50.6 Å². The van der Waals surface area contributed by atoms with Crippen LogP contribution in [0.5, 0.6) is 5.75 Å². The van der Waals surface area contributed by atoms with E-state index in [0.29, 0.717) is 24.9 Å². The van der Waals surface area contributed by atoms with Gasteiger partial charge in [0.05, 0.1) is 13.7 Å². The van der Waals surface area contributed by atoms with Crippen molar-refractivity contribution < 1.29 is 14.0 Å². The summed E-state index contributed by atoms with van der Waals surface area (Å²) in [5, 5.41) is 5.03. The minimum absolute atomic E-state index is 0.371. The Morgan fingerprint density at radius 1 is 1.11 bits per heavy atom. The van der Waals surface area contributed by atoms with Crippen LogP contribution in [-0.4, -0.2) is 60.4 Å². The van der Waals surface area contributed by atoms with Crippen molar-refractivity contribution in [2.24, 2.45) is 0 Å². The van der Waals surface area contributed by atoms with Crippen LogP contribution in [0.2, 0.25) is 0 Å². The van der Waals surface area contributed by atoms with Crippen LogP contribution >= 0.6 is 0 Å². The third-order valence-electron chi connectivity index (χ3n) is 4.79. The minimum Gasteiger partial charge on any atom is -0.494 e. The maximum Gasteiger partial charge on any atom is 0.240 e. The second-order valence-corrected chi connectivity index (χ2v) is 6.49. The SMILES string of the molecule is COCc1noc(CN2CCN(c3ccnc4c(OC)cccc34)CC2)n1. The van der Waals surface area contributed by atoms with Gasteiger partial charge in [-0.25, -0.2) is 0 Å². The lowest BCUT2D eigenvalue weighted by atomic mass is 10.1. The fraction of sp³-hybridized carbons (Fsp3) is 0.421. The monoisotopic (exact) mass is 369 g/mol. The van der Waals surface area contributed by atoms with Crippen molar-refractivity contribution in [2.45, 2.75) is 13.2 Å². The molecule has 1 fully saturated rings. The molecule has 0 N–H and O–H groups in total. The number of hydrogen-bond acceptors (Lipinski definition) is 8. The molecular weight excluding hydrogens is 346 g/mol. The normalized spacial score (nSPS) is 15.4. The highest BCUT2D eigenvalue weighted by Gasteiger charge is 2.21. The van der Waals surface area contributed by atoms with E-state index >= 15 is 0 Å². The zero-order valence-corrected chi connectivity index (χ0v) is 15.6. The van der Waals surface area contributed by atoms with Crippen molar-refractivity contribution in [3.8, 4) is 5.75 Å². The van der Waals surface area contributed by atoms with Crippen LogP contribution in [0, 0.1) is 0 Å². The molecule has 4 rings (SSSR count). The number of ether oxygens (including phenoxy) is 2. The van der Waals surface area contributed by atoms with Gasteiger partial charge in [-0.1, -0.05) is 17.3 Å². The smallest absolute Gasteiger partial charge is 0.240 e. The average molecular weight is 369 g/mol. The number of nitrogens with zero attached hydrogens (tertiary/aromatic N) is 5. The fourth-order valence-electron chi connectivity index (χ4n) is 3.46. The highest BCUT2D eigenvalue weighted by Crippen LogP contribution is 2.31. The zero-order chi connectivity index (χ0) is 18.6. The second-order valence-electron chi connectivity index (χ2n) is 6.49. The summed E-state index contributed by atoms with van der Waals surface area (Å²) >= 11 is 0. The summed E-state index contributed by atoms with van der Waals surface area (Å²) in [6.45, 7) is 4.74. The Balaban J connectivity index is 1.44.